The highest BCUT2D eigenvalue weighted by Crippen LogP contribution is 2.41. The van der Waals surface area contributed by atoms with E-state index in [9.17, 15) is 0 Å². The molecule has 0 spiro atoms. The molecule has 0 fully saturated rings. The molecule has 4 nitrogen and oxygen atoms in total. The first-order valence-corrected chi connectivity index (χ1v) is 18.0. The highest BCUT2D eigenvalue weighted by Gasteiger charge is 2.26. The molecule has 50 heavy (non-hydrogen) atoms. The molecule has 0 unspecified atom stereocenters. The second kappa shape index (κ2) is 11.4. The van der Waals surface area contributed by atoms with Gasteiger partial charge >= 0.3 is 0 Å². The molecule has 4 heteroatoms. The summed E-state index contributed by atoms with van der Waals surface area (Å²) in [4.78, 5) is 14.3. The predicted molar refractivity (Wildman–Crippen MR) is 214 cm³/mol. The van der Waals surface area contributed by atoms with Crippen LogP contribution in [0.2, 0.25) is 0 Å². The predicted octanol–water partition coefficient (Wildman–Crippen LogP) is 12.6. The zero-order valence-corrected chi connectivity index (χ0v) is 32.0. The molecule has 7 rings (SSSR count). The summed E-state index contributed by atoms with van der Waals surface area (Å²) in [5, 5.41) is 4.82. The number of fused-ring (bicyclic) bond motifs is 4. The van der Waals surface area contributed by atoms with Crippen molar-refractivity contribution < 1.29 is 0 Å². The average molecular weight is 661 g/mol. The first kappa shape index (κ1) is 33.8. The zero-order valence-electron chi connectivity index (χ0n) is 32.0. The van der Waals surface area contributed by atoms with E-state index in [1.54, 1.807) is 0 Å². The van der Waals surface area contributed by atoms with Crippen molar-refractivity contribution in [1.29, 1.82) is 0 Å². The highest BCUT2D eigenvalue weighted by atomic mass is 15.1. The number of aromatic nitrogens is 4. The van der Waals surface area contributed by atoms with Gasteiger partial charge in [-0.25, -0.2) is 4.98 Å². The summed E-state index contributed by atoms with van der Waals surface area (Å²) in [5.41, 5.74) is 11.3. The Hall–Kier alpha value is -4.70. The monoisotopic (exact) mass is 660 g/mol. The van der Waals surface area contributed by atoms with Crippen LogP contribution in [0.25, 0.3) is 61.0 Å². The largest absolute Gasteiger partial charge is 0.343 e. The lowest BCUT2D eigenvalue weighted by atomic mass is 9.83. The van der Waals surface area contributed by atoms with Crippen LogP contribution < -0.4 is 0 Å². The molecule has 1 N–H and O–H groups in total. The van der Waals surface area contributed by atoms with Gasteiger partial charge in [0.2, 0.25) is 0 Å². The van der Waals surface area contributed by atoms with Crippen LogP contribution in [-0.2, 0) is 21.7 Å². The third kappa shape index (κ3) is 5.93. The van der Waals surface area contributed by atoms with Crippen LogP contribution in [0.1, 0.15) is 105 Å². The number of H-pyrrole nitrogens is 1. The molecular weight excluding hydrogens is 609 g/mol. The fourth-order valence-electron chi connectivity index (χ4n) is 7.08. The Morgan fingerprint density at radius 2 is 1.12 bits per heavy atom. The van der Waals surface area contributed by atoms with Crippen molar-refractivity contribution >= 4 is 32.7 Å². The lowest BCUT2D eigenvalue weighted by molar-refractivity contribution is 0.577. The highest BCUT2D eigenvalue weighted by molar-refractivity contribution is 6.10. The molecule has 0 aliphatic carbocycles. The van der Waals surface area contributed by atoms with Gasteiger partial charge in [0, 0.05) is 50.0 Å². The molecule has 4 heterocycles. The van der Waals surface area contributed by atoms with Gasteiger partial charge in [-0.2, -0.15) is 0 Å². The molecule has 0 radical (unpaired) electrons. The Morgan fingerprint density at radius 1 is 0.500 bits per heavy atom. The van der Waals surface area contributed by atoms with E-state index in [0.29, 0.717) is 0 Å². The molecule has 0 saturated heterocycles. The number of pyridine rings is 2. The number of benzene rings is 3. The van der Waals surface area contributed by atoms with E-state index in [4.69, 9.17) is 9.97 Å². The van der Waals surface area contributed by atoms with E-state index in [1.165, 1.54) is 38.5 Å². The van der Waals surface area contributed by atoms with E-state index in [2.05, 4.69) is 178 Å². The third-order valence-electron chi connectivity index (χ3n) is 10.2. The van der Waals surface area contributed by atoms with E-state index >= 15 is 0 Å². The van der Waals surface area contributed by atoms with Crippen molar-refractivity contribution in [2.75, 3.05) is 0 Å². The van der Waals surface area contributed by atoms with Crippen LogP contribution in [0.15, 0.2) is 91.1 Å². The van der Waals surface area contributed by atoms with Crippen molar-refractivity contribution in [3.63, 3.8) is 0 Å². The van der Waals surface area contributed by atoms with Gasteiger partial charge < -0.3 is 4.98 Å². The number of nitrogens with one attached hydrogen (secondary N) is 1. The standard InChI is InChI=1S/C46H52N4/c1-43(2,3)30-17-20-39-36(26-30)35-18-19-37(48-41(35)50(39)42-34-16-14-13-15-33(34)40(49-42)46(10,11)12)28-23-29(25-32(24-28)45(7,8)9)38-27-31(21-22-47-38)44(4,5)6/h13-27,49H,1-12H3. The number of nitrogens with zero attached hydrogens (tertiary/aromatic N) is 3. The second-order valence-corrected chi connectivity index (χ2v) is 18.3. The SMILES string of the molecule is CC(C)(C)c1cc(-c2cc(C(C)(C)C)ccn2)cc(-c2ccc3c4cc(C(C)(C)C)ccc4n(-c4[nH]c(C(C)(C)C)c5ccccc45)c3n2)c1. The normalized spacial score (nSPS) is 13.2. The van der Waals surface area contributed by atoms with Gasteiger partial charge in [-0.1, -0.05) is 113 Å². The molecule has 0 bridgehead atoms. The lowest BCUT2D eigenvalue weighted by Gasteiger charge is -2.22. The summed E-state index contributed by atoms with van der Waals surface area (Å²) in [6, 6.07) is 31.4. The van der Waals surface area contributed by atoms with Crippen molar-refractivity contribution in [2.45, 2.75) is 105 Å². The summed E-state index contributed by atoms with van der Waals surface area (Å²) < 4.78 is 2.36. The Labute approximate surface area is 298 Å². The summed E-state index contributed by atoms with van der Waals surface area (Å²) in [7, 11) is 0. The molecule has 4 aromatic heterocycles. The molecule has 7 aromatic rings. The van der Waals surface area contributed by atoms with Crippen molar-refractivity contribution in [3.05, 3.63) is 114 Å². The molecule has 3 aromatic carbocycles. The molecule has 256 valence electrons. The first-order chi connectivity index (χ1) is 23.3. The minimum atomic E-state index is -0.0588. The van der Waals surface area contributed by atoms with Gasteiger partial charge in [0.15, 0.2) is 0 Å². The number of rotatable bonds is 3. The third-order valence-corrected chi connectivity index (χ3v) is 10.2. The molecular formula is C46H52N4. The van der Waals surface area contributed by atoms with Crippen LogP contribution in [-0.4, -0.2) is 19.5 Å². The first-order valence-electron chi connectivity index (χ1n) is 18.0. The molecule has 0 amide bonds. The fraction of sp³-hybridized carbons (Fsp3) is 0.348. The van der Waals surface area contributed by atoms with E-state index in [-0.39, 0.29) is 21.7 Å². The fourth-order valence-corrected chi connectivity index (χ4v) is 7.08. The van der Waals surface area contributed by atoms with Gasteiger partial charge in [0.05, 0.1) is 16.9 Å². The number of hydrogen-bond acceptors (Lipinski definition) is 2. The van der Waals surface area contributed by atoms with Crippen LogP contribution in [0, 0.1) is 0 Å². The van der Waals surface area contributed by atoms with E-state index in [1.807, 2.05) is 6.20 Å². The minimum absolute atomic E-state index is 0.0244. The van der Waals surface area contributed by atoms with Gasteiger partial charge in [-0.15, -0.1) is 0 Å². The molecule has 0 atom stereocenters. The number of aromatic amines is 1. The lowest BCUT2D eigenvalue weighted by Crippen LogP contribution is -2.12. The number of hydrogen-bond donors (Lipinski definition) is 1. The van der Waals surface area contributed by atoms with Crippen molar-refractivity contribution in [3.8, 4) is 28.3 Å². The van der Waals surface area contributed by atoms with Crippen molar-refractivity contribution in [1.82, 2.24) is 19.5 Å². The maximum Gasteiger partial charge on any atom is 0.147 e. The summed E-state index contributed by atoms with van der Waals surface area (Å²) >= 11 is 0. The Kier molecular flexibility index (Phi) is 7.71. The summed E-state index contributed by atoms with van der Waals surface area (Å²) in [6.07, 6.45) is 1.94. The Bertz CT molecular complexity index is 2410. The Balaban J connectivity index is 1.53. The minimum Gasteiger partial charge on any atom is -0.343 e. The summed E-state index contributed by atoms with van der Waals surface area (Å²) in [6.45, 7) is 27.3. The Morgan fingerprint density at radius 3 is 1.76 bits per heavy atom. The van der Waals surface area contributed by atoms with Crippen LogP contribution in [0.5, 0.6) is 0 Å². The summed E-state index contributed by atoms with van der Waals surface area (Å²) in [5.74, 6) is 1.06. The van der Waals surface area contributed by atoms with Crippen molar-refractivity contribution in [2.24, 2.45) is 0 Å². The van der Waals surface area contributed by atoms with Crippen LogP contribution >= 0.6 is 0 Å². The zero-order chi connectivity index (χ0) is 36.0. The maximum absolute atomic E-state index is 5.57. The van der Waals surface area contributed by atoms with Crippen LogP contribution in [0.4, 0.5) is 0 Å². The molecule has 0 aliphatic heterocycles. The molecule has 0 aliphatic rings. The average Bonchev–Trinajstić information content (AvgIpc) is 3.58. The quantitative estimate of drug-likeness (QED) is 0.205. The van der Waals surface area contributed by atoms with E-state index in [0.717, 1.165) is 44.9 Å². The smallest absolute Gasteiger partial charge is 0.147 e. The van der Waals surface area contributed by atoms with Crippen LogP contribution in [0.3, 0.4) is 0 Å². The van der Waals surface area contributed by atoms with Gasteiger partial charge in [-0.3, -0.25) is 9.55 Å². The van der Waals surface area contributed by atoms with Gasteiger partial charge in [-0.05, 0) is 87.5 Å². The topological polar surface area (TPSA) is 46.5 Å². The van der Waals surface area contributed by atoms with Gasteiger partial charge in [0.25, 0.3) is 0 Å². The second-order valence-electron chi connectivity index (χ2n) is 18.3. The molecule has 0 saturated carbocycles. The van der Waals surface area contributed by atoms with E-state index < -0.39 is 0 Å². The maximum atomic E-state index is 5.57. The van der Waals surface area contributed by atoms with Gasteiger partial charge in [0.1, 0.15) is 11.5 Å².